The van der Waals surface area contributed by atoms with Crippen LogP contribution in [0.1, 0.15) is 11.1 Å². The van der Waals surface area contributed by atoms with Crippen molar-refractivity contribution in [2.45, 2.75) is 13.8 Å². The van der Waals surface area contributed by atoms with Crippen LogP contribution < -0.4 is 4.74 Å². The van der Waals surface area contributed by atoms with Crippen LogP contribution in [0.2, 0.25) is 15.1 Å². The maximum atomic E-state index is 6.73. The second-order valence-corrected chi connectivity index (χ2v) is 7.15. The minimum atomic E-state index is 0.654. The molecule has 4 heteroatoms. The molecule has 25 heavy (non-hydrogen) atoms. The Balaban J connectivity index is 2.20. The summed E-state index contributed by atoms with van der Waals surface area (Å²) in [6.07, 6.45) is 0. The van der Waals surface area contributed by atoms with Gasteiger partial charge in [0.2, 0.25) is 0 Å². The van der Waals surface area contributed by atoms with Gasteiger partial charge in [-0.3, -0.25) is 0 Å². The highest BCUT2D eigenvalue weighted by Gasteiger charge is 2.16. The zero-order chi connectivity index (χ0) is 18.1. The molecule has 0 aliphatic heterocycles. The predicted molar refractivity (Wildman–Crippen MR) is 108 cm³/mol. The van der Waals surface area contributed by atoms with E-state index in [1.165, 1.54) is 0 Å². The molecule has 0 heterocycles. The van der Waals surface area contributed by atoms with Crippen LogP contribution in [0.5, 0.6) is 5.75 Å². The molecule has 0 bridgehead atoms. The van der Waals surface area contributed by atoms with Crippen molar-refractivity contribution in [3.05, 3.63) is 74.7 Å². The molecule has 0 aliphatic rings. The van der Waals surface area contributed by atoms with Gasteiger partial charge in [-0.15, -0.1) is 0 Å². The Bertz CT molecular complexity index is 948. The number of hydrogen-bond acceptors (Lipinski definition) is 1. The molecule has 0 aromatic heterocycles. The van der Waals surface area contributed by atoms with Crippen molar-refractivity contribution in [2.24, 2.45) is 0 Å². The lowest BCUT2D eigenvalue weighted by molar-refractivity contribution is 0.416. The molecule has 0 atom stereocenters. The lowest BCUT2D eigenvalue weighted by atomic mass is 9.93. The van der Waals surface area contributed by atoms with Gasteiger partial charge in [0.05, 0.1) is 12.1 Å². The van der Waals surface area contributed by atoms with E-state index in [0.29, 0.717) is 15.1 Å². The second-order valence-electron chi connectivity index (χ2n) is 5.90. The fourth-order valence-corrected chi connectivity index (χ4v) is 3.57. The Morgan fingerprint density at radius 1 is 0.680 bits per heavy atom. The molecule has 0 spiro atoms. The monoisotopic (exact) mass is 390 g/mol. The molecule has 0 N–H and O–H groups in total. The number of rotatable bonds is 3. The number of benzene rings is 3. The molecule has 0 saturated heterocycles. The number of methoxy groups -OCH3 is 1. The van der Waals surface area contributed by atoms with Gasteiger partial charge >= 0.3 is 0 Å². The van der Waals surface area contributed by atoms with Gasteiger partial charge in [-0.05, 0) is 66.4 Å². The molecule has 0 amide bonds. The van der Waals surface area contributed by atoms with E-state index in [2.05, 4.69) is 0 Å². The molecule has 0 saturated carbocycles. The minimum Gasteiger partial charge on any atom is -0.496 e. The lowest BCUT2D eigenvalue weighted by Crippen LogP contribution is -1.93. The third-order valence-electron chi connectivity index (χ3n) is 4.33. The number of hydrogen-bond donors (Lipinski definition) is 0. The fourth-order valence-electron chi connectivity index (χ4n) is 2.96. The fraction of sp³-hybridized carbons (Fsp3) is 0.143. The first-order chi connectivity index (χ1) is 11.9. The largest absolute Gasteiger partial charge is 0.496 e. The normalized spacial score (nSPS) is 10.8. The van der Waals surface area contributed by atoms with Crippen LogP contribution in [0.4, 0.5) is 0 Å². The van der Waals surface area contributed by atoms with E-state index >= 15 is 0 Å². The Labute approximate surface area is 163 Å². The summed E-state index contributed by atoms with van der Waals surface area (Å²) in [5.74, 6) is 0.759. The third-order valence-corrected chi connectivity index (χ3v) is 5.29. The summed E-state index contributed by atoms with van der Waals surface area (Å²) in [6.45, 7) is 4.05. The van der Waals surface area contributed by atoms with Gasteiger partial charge < -0.3 is 4.74 Å². The van der Waals surface area contributed by atoms with Crippen molar-refractivity contribution in [1.29, 1.82) is 0 Å². The quantitative estimate of drug-likeness (QED) is 0.446. The van der Waals surface area contributed by atoms with Crippen LogP contribution in [0.25, 0.3) is 22.3 Å². The van der Waals surface area contributed by atoms with E-state index in [9.17, 15) is 0 Å². The van der Waals surface area contributed by atoms with Gasteiger partial charge in [0.15, 0.2) is 0 Å². The van der Waals surface area contributed by atoms with Crippen molar-refractivity contribution in [3.8, 4) is 28.0 Å². The summed E-state index contributed by atoms with van der Waals surface area (Å²) in [4.78, 5) is 0. The minimum absolute atomic E-state index is 0.654. The Hall–Kier alpha value is -1.67. The van der Waals surface area contributed by atoms with E-state index in [1.807, 2.05) is 62.4 Å². The highest BCUT2D eigenvalue weighted by Crippen LogP contribution is 2.41. The van der Waals surface area contributed by atoms with Crippen molar-refractivity contribution in [3.63, 3.8) is 0 Å². The molecule has 0 aliphatic carbocycles. The summed E-state index contributed by atoms with van der Waals surface area (Å²) in [7, 11) is 1.65. The molecular weight excluding hydrogens is 375 g/mol. The smallest absolute Gasteiger partial charge is 0.126 e. The first kappa shape index (κ1) is 18.1. The van der Waals surface area contributed by atoms with Gasteiger partial charge in [0, 0.05) is 21.2 Å². The first-order valence-electron chi connectivity index (χ1n) is 7.82. The van der Waals surface area contributed by atoms with Gasteiger partial charge in [-0.25, -0.2) is 0 Å². The summed E-state index contributed by atoms with van der Waals surface area (Å²) in [5.41, 5.74) is 6.00. The molecule has 128 valence electrons. The number of halogens is 3. The van der Waals surface area contributed by atoms with Crippen LogP contribution in [0.15, 0.2) is 48.5 Å². The standard InChI is InChI=1S/C21H17Cl3O/c1-12-4-5-14(22)10-18(12)17-8-7-16(13(2)21(17)24)19-11-15(23)6-9-20(19)25-3/h4-11H,1-3H3. The zero-order valence-electron chi connectivity index (χ0n) is 14.2. The van der Waals surface area contributed by atoms with E-state index in [-0.39, 0.29) is 0 Å². The molecular formula is C21H17Cl3O. The molecule has 1 nitrogen and oxygen atoms in total. The van der Waals surface area contributed by atoms with Crippen LogP contribution in [-0.4, -0.2) is 7.11 Å². The highest BCUT2D eigenvalue weighted by atomic mass is 35.5. The van der Waals surface area contributed by atoms with Crippen LogP contribution in [-0.2, 0) is 0 Å². The predicted octanol–water partition coefficient (Wildman–Crippen LogP) is 7.61. The second kappa shape index (κ2) is 7.29. The maximum Gasteiger partial charge on any atom is 0.126 e. The zero-order valence-corrected chi connectivity index (χ0v) is 16.4. The van der Waals surface area contributed by atoms with Gasteiger partial charge in [-0.1, -0.05) is 53.0 Å². The van der Waals surface area contributed by atoms with Crippen LogP contribution in [0.3, 0.4) is 0 Å². The van der Waals surface area contributed by atoms with Crippen LogP contribution in [0, 0.1) is 13.8 Å². The molecule has 0 radical (unpaired) electrons. The van der Waals surface area contributed by atoms with E-state index < -0.39 is 0 Å². The summed E-state index contributed by atoms with van der Waals surface area (Å²) in [6, 6.07) is 15.4. The molecule has 3 aromatic carbocycles. The van der Waals surface area contributed by atoms with Gasteiger partial charge in [-0.2, -0.15) is 0 Å². The molecule has 3 aromatic rings. The van der Waals surface area contributed by atoms with Gasteiger partial charge in [0.1, 0.15) is 5.75 Å². The first-order valence-corrected chi connectivity index (χ1v) is 8.95. The van der Waals surface area contributed by atoms with E-state index in [1.54, 1.807) is 7.11 Å². The Morgan fingerprint density at radius 3 is 1.96 bits per heavy atom. The van der Waals surface area contributed by atoms with Crippen molar-refractivity contribution < 1.29 is 4.74 Å². The van der Waals surface area contributed by atoms with Crippen LogP contribution >= 0.6 is 34.8 Å². The molecule has 3 rings (SSSR count). The number of ether oxygens (including phenoxy) is 1. The van der Waals surface area contributed by atoms with E-state index in [4.69, 9.17) is 39.5 Å². The average Bonchev–Trinajstić information content (AvgIpc) is 2.59. The van der Waals surface area contributed by atoms with Crippen molar-refractivity contribution in [1.82, 2.24) is 0 Å². The lowest BCUT2D eigenvalue weighted by Gasteiger charge is -2.16. The summed E-state index contributed by atoms with van der Waals surface area (Å²) < 4.78 is 5.48. The third kappa shape index (κ3) is 3.50. The number of aryl methyl sites for hydroxylation is 1. The van der Waals surface area contributed by atoms with E-state index in [0.717, 1.165) is 39.1 Å². The Kier molecular flexibility index (Phi) is 5.29. The van der Waals surface area contributed by atoms with Crippen molar-refractivity contribution >= 4 is 34.8 Å². The topological polar surface area (TPSA) is 9.23 Å². The summed E-state index contributed by atoms with van der Waals surface area (Å²) >= 11 is 19.1. The SMILES string of the molecule is COc1ccc(Cl)cc1-c1ccc(-c2cc(Cl)ccc2C)c(Cl)c1C. The van der Waals surface area contributed by atoms with Gasteiger partial charge in [0.25, 0.3) is 0 Å². The Morgan fingerprint density at radius 2 is 1.28 bits per heavy atom. The highest BCUT2D eigenvalue weighted by molar-refractivity contribution is 6.35. The maximum absolute atomic E-state index is 6.73. The molecule has 0 unspecified atom stereocenters. The summed E-state index contributed by atoms with van der Waals surface area (Å²) in [5, 5.41) is 2.04. The average molecular weight is 392 g/mol. The van der Waals surface area contributed by atoms with Crippen molar-refractivity contribution in [2.75, 3.05) is 7.11 Å². The molecule has 0 fully saturated rings.